The third-order valence-corrected chi connectivity index (χ3v) is 3.24. The first-order valence-electron chi connectivity index (χ1n) is 7.07. The number of pyridine rings is 1. The largest absolute Gasteiger partial charge is 0.350 e. The van der Waals surface area contributed by atoms with Crippen LogP contribution in [0.3, 0.4) is 0 Å². The van der Waals surface area contributed by atoms with Crippen LogP contribution in [0.5, 0.6) is 0 Å². The first-order chi connectivity index (χ1) is 8.99. The molecule has 0 atom stereocenters. The molecule has 0 aromatic carbocycles. The van der Waals surface area contributed by atoms with Gasteiger partial charge in [0.25, 0.3) is 0 Å². The van der Waals surface area contributed by atoms with Crippen LogP contribution in [0.4, 0.5) is 5.82 Å². The van der Waals surface area contributed by atoms with Gasteiger partial charge in [0.05, 0.1) is 0 Å². The zero-order chi connectivity index (χ0) is 13.9. The monoisotopic (exact) mass is 259 g/mol. The number of anilines is 1. The van der Waals surface area contributed by atoms with E-state index in [1.54, 1.807) is 0 Å². The van der Waals surface area contributed by atoms with E-state index in [2.05, 4.69) is 54.7 Å². The van der Waals surface area contributed by atoms with Crippen LogP contribution in [0, 0.1) is 0 Å². The molecule has 1 aromatic heterocycles. The molecule has 1 aromatic rings. The lowest BCUT2D eigenvalue weighted by Crippen LogP contribution is -2.35. The average molecular weight is 259 g/mol. The van der Waals surface area contributed by atoms with Gasteiger partial charge < -0.3 is 10.2 Å². The zero-order valence-corrected chi connectivity index (χ0v) is 12.3. The van der Waals surface area contributed by atoms with Crippen molar-refractivity contribution in [1.82, 2.24) is 10.3 Å². The summed E-state index contributed by atoms with van der Waals surface area (Å²) in [4.78, 5) is 6.87. The van der Waals surface area contributed by atoms with Crippen LogP contribution in [0.15, 0.2) is 31.0 Å². The second-order valence-corrected chi connectivity index (χ2v) is 6.30. The Morgan fingerprint density at radius 2 is 2.21 bits per heavy atom. The van der Waals surface area contributed by atoms with Crippen molar-refractivity contribution >= 4 is 5.82 Å². The van der Waals surface area contributed by atoms with Crippen LogP contribution in [-0.4, -0.2) is 23.1 Å². The molecule has 19 heavy (non-hydrogen) atoms. The Balaban J connectivity index is 2.07. The highest BCUT2D eigenvalue weighted by Gasteiger charge is 2.29. The maximum Gasteiger partial charge on any atom is 0.129 e. The van der Waals surface area contributed by atoms with Crippen molar-refractivity contribution in [2.24, 2.45) is 0 Å². The van der Waals surface area contributed by atoms with E-state index in [1.807, 2.05) is 12.3 Å². The third-order valence-electron chi connectivity index (χ3n) is 3.24. The molecule has 0 radical (unpaired) electrons. The van der Waals surface area contributed by atoms with Gasteiger partial charge in [-0.25, -0.2) is 4.98 Å². The van der Waals surface area contributed by atoms with Gasteiger partial charge in [-0.2, -0.15) is 0 Å². The second-order valence-electron chi connectivity index (χ2n) is 6.30. The average Bonchev–Trinajstić information content (AvgIpc) is 3.17. The minimum absolute atomic E-state index is 0.140. The van der Waals surface area contributed by atoms with Crippen molar-refractivity contribution in [3.8, 4) is 0 Å². The van der Waals surface area contributed by atoms with Gasteiger partial charge in [-0.15, -0.1) is 6.58 Å². The van der Waals surface area contributed by atoms with Crippen LogP contribution in [-0.2, 0) is 6.54 Å². The quantitative estimate of drug-likeness (QED) is 0.796. The van der Waals surface area contributed by atoms with E-state index in [0.717, 1.165) is 18.9 Å². The maximum absolute atomic E-state index is 4.51. The highest BCUT2D eigenvalue weighted by molar-refractivity contribution is 5.44. The summed E-state index contributed by atoms with van der Waals surface area (Å²) in [6.07, 6.45) is 6.42. The molecule has 2 rings (SSSR count). The molecule has 0 amide bonds. The van der Waals surface area contributed by atoms with Crippen molar-refractivity contribution in [2.45, 2.75) is 51.7 Å². The van der Waals surface area contributed by atoms with Gasteiger partial charge in [0.15, 0.2) is 0 Å². The van der Waals surface area contributed by atoms with Gasteiger partial charge >= 0.3 is 0 Å². The Hall–Kier alpha value is -1.35. The first kappa shape index (κ1) is 14.1. The predicted molar refractivity (Wildman–Crippen MR) is 81.4 cm³/mol. The van der Waals surface area contributed by atoms with Gasteiger partial charge in [0, 0.05) is 30.9 Å². The Morgan fingerprint density at radius 1 is 1.47 bits per heavy atom. The smallest absolute Gasteiger partial charge is 0.129 e. The lowest BCUT2D eigenvalue weighted by molar-refractivity contribution is 0.424. The molecule has 0 spiro atoms. The molecule has 1 N–H and O–H groups in total. The molecule has 1 fully saturated rings. The molecule has 1 heterocycles. The van der Waals surface area contributed by atoms with E-state index in [4.69, 9.17) is 0 Å². The van der Waals surface area contributed by atoms with Crippen LogP contribution >= 0.6 is 0 Å². The molecule has 104 valence electrons. The fraction of sp³-hybridized carbons (Fsp3) is 0.562. The minimum Gasteiger partial charge on any atom is -0.350 e. The molecule has 3 nitrogen and oxygen atoms in total. The molecule has 0 unspecified atom stereocenters. The third kappa shape index (κ3) is 4.35. The lowest BCUT2D eigenvalue weighted by atomic mass is 10.1. The van der Waals surface area contributed by atoms with Gasteiger partial charge in [0.2, 0.25) is 0 Å². The molecule has 0 aliphatic heterocycles. The number of hydrogen-bond acceptors (Lipinski definition) is 3. The van der Waals surface area contributed by atoms with E-state index in [-0.39, 0.29) is 5.54 Å². The summed E-state index contributed by atoms with van der Waals surface area (Å²) in [6.45, 7) is 12.2. The standard InChI is InChI=1S/C16H25N3/c1-5-10-19(14-6-7-14)15-11-13(8-9-17-15)12-18-16(2,3)4/h5,8-9,11,14,18H,1,6-7,10,12H2,2-4H3. The van der Waals surface area contributed by atoms with Gasteiger partial charge in [0.1, 0.15) is 5.82 Å². The molecule has 1 aliphatic carbocycles. The van der Waals surface area contributed by atoms with E-state index < -0.39 is 0 Å². The first-order valence-corrected chi connectivity index (χ1v) is 7.07. The van der Waals surface area contributed by atoms with Crippen LogP contribution in [0.2, 0.25) is 0 Å². The molecule has 1 aliphatic rings. The van der Waals surface area contributed by atoms with Crippen LogP contribution < -0.4 is 10.2 Å². The SMILES string of the molecule is C=CCN(c1cc(CNC(C)(C)C)ccn1)C1CC1. The summed E-state index contributed by atoms with van der Waals surface area (Å²) in [6, 6.07) is 4.94. The summed E-state index contributed by atoms with van der Waals surface area (Å²) in [7, 11) is 0. The van der Waals surface area contributed by atoms with Crippen molar-refractivity contribution < 1.29 is 0 Å². The Morgan fingerprint density at radius 3 is 2.79 bits per heavy atom. The van der Waals surface area contributed by atoms with Crippen LogP contribution in [0.1, 0.15) is 39.2 Å². The van der Waals surface area contributed by atoms with Crippen molar-refractivity contribution in [2.75, 3.05) is 11.4 Å². The number of aromatic nitrogens is 1. The Kier molecular flexibility index (Phi) is 4.25. The predicted octanol–water partition coefficient (Wildman–Crippen LogP) is 3.12. The molecule has 3 heteroatoms. The van der Waals surface area contributed by atoms with E-state index in [0.29, 0.717) is 6.04 Å². The molecule has 1 saturated carbocycles. The fourth-order valence-electron chi connectivity index (χ4n) is 2.05. The summed E-state index contributed by atoms with van der Waals surface area (Å²) < 4.78 is 0. The Bertz CT molecular complexity index is 430. The summed E-state index contributed by atoms with van der Waals surface area (Å²) >= 11 is 0. The maximum atomic E-state index is 4.51. The number of hydrogen-bond donors (Lipinski definition) is 1. The van der Waals surface area contributed by atoms with Gasteiger partial charge in [-0.1, -0.05) is 6.08 Å². The van der Waals surface area contributed by atoms with E-state index in [1.165, 1.54) is 18.4 Å². The Labute approximate surface area is 116 Å². The van der Waals surface area contributed by atoms with Gasteiger partial charge in [-0.3, -0.25) is 0 Å². The topological polar surface area (TPSA) is 28.2 Å². The van der Waals surface area contributed by atoms with E-state index >= 15 is 0 Å². The van der Waals surface area contributed by atoms with Crippen molar-refractivity contribution in [3.05, 3.63) is 36.5 Å². The molecular formula is C16H25N3. The molecule has 0 bridgehead atoms. The summed E-state index contributed by atoms with van der Waals surface area (Å²) in [5, 5.41) is 3.51. The second kappa shape index (κ2) is 5.74. The highest BCUT2D eigenvalue weighted by Crippen LogP contribution is 2.30. The summed E-state index contributed by atoms with van der Waals surface area (Å²) in [5.74, 6) is 1.08. The fourth-order valence-corrected chi connectivity index (χ4v) is 2.05. The zero-order valence-electron chi connectivity index (χ0n) is 12.3. The molecular weight excluding hydrogens is 234 g/mol. The number of rotatable bonds is 6. The highest BCUT2D eigenvalue weighted by atomic mass is 15.2. The van der Waals surface area contributed by atoms with Gasteiger partial charge in [-0.05, 0) is 51.3 Å². The van der Waals surface area contributed by atoms with Crippen LogP contribution in [0.25, 0.3) is 0 Å². The lowest BCUT2D eigenvalue weighted by Gasteiger charge is -2.23. The molecule has 0 saturated heterocycles. The number of nitrogens with zero attached hydrogens (tertiary/aromatic N) is 2. The normalized spacial score (nSPS) is 15.3. The summed E-state index contributed by atoms with van der Waals surface area (Å²) in [5.41, 5.74) is 1.43. The minimum atomic E-state index is 0.140. The van der Waals surface area contributed by atoms with E-state index in [9.17, 15) is 0 Å². The van der Waals surface area contributed by atoms with Crippen molar-refractivity contribution in [1.29, 1.82) is 0 Å². The number of nitrogens with one attached hydrogen (secondary N) is 1. The van der Waals surface area contributed by atoms with Crippen molar-refractivity contribution in [3.63, 3.8) is 0 Å².